The number of nitrogens with one attached hydrogen (secondary N) is 1. The van der Waals surface area contributed by atoms with Crippen molar-refractivity contribution in [2.45, 2.75) is 64.8 Å². The molecular formula is C22H29N3O3S. The molecule has 1 saturated carbocycles. The maximum Gasteiger partial charge on any atom is 0.293 e. The number of carbonyl (C=O) groups is 2. The van der Waals surface area contributed by atoms with Gasteiger partial charge in [0.2, 0.25) is 5.91 Å². The van der Waals surface area contributed by atoms with Gasteiger partial charge in [-0.3, -0.25) is 14.9 Å². The van der Waals surface area contributed by atoms with Crippen molar-refractivity contribution >= 4 is 28.3 Å². The summed E-state index contributed by atoms with van der Waals surface area (Å²) in [5.74, 6) is 1.27. The number of carbonyl (C=O) groups excluding carboxylic acids is 2. The van der Waals surface area contributed by atoms with E-state index in [-0.39, 0.29) is 17.6 Å². The van der Waals surface area contributed by atoms with Gasteiger partial charge in [0, 0.05) is 23.8 Å². The standard InChI is InChI=1S/C22H29N3O3S/c1-2-3-5-15-7-9-16(10-8-15)21(27)25-12-11-17-19(14-25)29-22(23-17)24-20(26)18-6-4-13-28-18/h4,6,13,15-16H,2-3,5,7-12,14H2,1H3,(H,23,24,26). The zero-order valence-electron chi connectivity index (χ0n) is 17.0. The number of anilines is 1. The van der Waals surface area contributed by atoms with Crippen LogP contribution in [0.25, 0.3) is 0 Å². The van der Waals surface area contributed by atoms with Crippen molar-refractivity contribution in [2.75, 3.05) is 11.9 Å². The van der Waals surface area contributed by atoms with Crippen molar-refractivity contribution in [3.05, 3.63) is 34.7 Å². The van der Waals surface area contributed by atoms with E-state index in [2.05, 4.69) is 17.2 Å². The minimum Gasteiger partial charge on any atom is -0.459 e. The van der Waals surface area contributed by atoms with E-state index in [1.807, 2.05) is 4.90 Å². The molecule has 0 saturated heterocycles. The zero-order valence-corrected chi connectivity index (χ0v) is 17.8. The van der Waals surface area contributed by atoms with Gasteiger partial charge in [0.25, 0.3) is 5.91 Å². The summed E-state index contributed by atoms with van der Waals surface area (Å²) >= 11 is 1.46. The van der Waals surface area contributed by atoms with Crippen molar-refractivity contribution < 1.29 is 14.0 Å². The van der Waals surface area contributed by atoms with Gasteiger partial charge in [-0.05, 0) is 43.7 Å². The third-order valence-electron chi connectivity index (χ3n) is 6.17. The molecule has 7 heteroatoms. The van der Waals surface area contributed by atoms with Crippen molar-refractivity contribution in [3.63, 3.8) is 0 Å². The maximum atomic E-state index is 13.1. The number of thiazole rings is 1. The molecule has 2 aromatic rings. The molecule has 0 unspecified atom stereocenters. The van der Waals surface area contributed by atoms with Crippen molar-refractivity contribution in [1.29, 1.82) is 0 Å². The summed E-state index contributed by atoms with van der Waals surface area (Å²) < 4.78 is 5.13. The average molecular weight is 416 g/mol. The van der Waals surface area contributed by atoms with E-state index in [4.69, 9.17) is 4.42 Å². The Morgan fingerprint density at radius 1 is 1.31 bits per heavy atom. The van der Waals surface area contributed by atoms with Gasteiger partial charge >= 0.3 is 0 Å². The van der Waals surface area contributed by atoms with E-state index in [9.17, 15) is 9.59 Å². The van der Waals surface area contributed by atoms with Crippen LogP contribution in [-0.4, -0.2) is 28.2 Å². The molecule has 29 heavy (non-hydrogen) atoms. The molecular weight excluding hydrogens is 386 g/mol. The molecule has 0 aromatic carbocycles. The van der Waals surface area contributed by atoms with E-state index >= 15 is 0 Å². The predicted molar refractivity (Wildman–Crippen MR) is 113 cm³/mol. The summed E-state index contributed by atoms with van der Waals surface area (Å²) in [7, 11) is 0. The van der Waals surface area contributed by atoms with Gasteiger partial charge in [-0.2, -0.15) is 0 Å². The third kappa shape index (κ3) is 4.71. The van der Waals surface area contributed by atoms with Crippen LogP contribution < -0.4 is 5.32 Å². The lowest BCUT2D eigenvalue weighted by Crippen LogP contribution is -2.40. The first kappa shape index (κ1) is 20.1. The predicted octanol–water partition coefficient (Wildman–Crippen LogP) is 4.87. The van der Waals surface area contributed by atoms with Crippen LogP contribution in [0.5, 0.6) is 0 Å². The Labute approximate surface area is 175 Å². The Balaban J connectivity index is 1.32. The van der Waals surface area contributed by atoms with Crippen LogP contribution in [0.1, 0.15) is 73.0 Å². The lowest BCUT2D eigenvalue weighted by atomic mass is 9.79. The second-order valence-corrected chi connectivity index (χ2v) is 9.27. The second kappa shape index (κ2) is 9.11. The summed E-state index contributed by atoms with van der Waals surface area (Å²) in [4.78, 5) is 32.8. The summed E-state index contributed by atoms with van der Waals surface area (Å²) in [5.41, 5.74) is 0.997. The minimum atomic E-state index is -0.297. The van der Waals surface area contributed by atoms with Gasteiger partial charge in [-0.25, -0.2) is 4.98 Å². The third-order valence-corrected chi connectivity index (χ3v) is 7.17. The topological polar surface area (TPSA) is 75.4 Å². The van der Waals surface area contributed by atoms with Gasteiger partial charge in [0.15, 0.2) is 10.9 Å². The number of hydrogen-bond donors (Lipinski definition) is 1. The zero-order chi connectivity index (χ0) is 20.2. The fourth-order valence-electron chi connectivity index (χ4n) is 4.45. The lowest BCUT2D eigenvalue weighted by molar-refractivity contribution is -0.137. The number of amides is 2. The van der Waals surface area contributed by atoms with Crippen LogP contribution in [0.3, 0.4) is 0 Å². The van der Waals surface area contributed by atoms with Crippen LogP contribution in [0.2, 0.25) is 0 Å². The van der Waals surface area contributed by atoms with Crippen LogP contribution >= 0.6 is 11.3 Å². The van der Waals surface area contributed by atoms with Crippen molar-refractivity contribution in [2.24, 2.45) is 11.8 Å². The van der Waals surface area contributed by atoms with E-state index < -0.39 is 0 Å². The molecule has 4 rings (SSSR count). The second-order valence-electron chi connectivity index (χ2n) is 8.19. The number of unbranched alkanes of at least 4 members (excludes halogenated alkanes) is 1. The molecule has 6 nitrogen and oxygen atoms in total. The molecule has 1 aliphatic carbocycles. The number of hydrogen-bond acceptors (Lipinski definition) is 5. The first-order valence-corrected chi connectivity index (χ1v) is 11.6. The molecule has 1 N–H and O–H groups in total. The molecule has 0 bridgehead atoms. The Kier molecular flexibility index (Phi) is 6.33. The van der Waals surface area contributed by atoms with E-state index in [0.717, 1.165) is 42.3 Å². The number of rotatable bonds is 6. The SMILES string of the molecule is CCCCC1CCC(C(=O)N2CCc3nc(NC(=O)c4ccco4)sc3C2)CC1. The minimum absolute atomic E-state index is 0.181. The fourth-order valence-corrected chi connectivity index (χ4v) is 5.47. The van der Waals surface area contributed by atoms with E-state index in [1.54, 1.807) is 12.1 Å². The highest BCUT2D eigenvalue weighted by Gasteiger charge is 2.32. The van der Waals surface area contributed by atoms with Gasteiger partial charge in [-0.1, -0.05) is 37.5 Å². The van der Waals surface area contributed by atoms with E-state index in [1.165, 1.54) is 49.7 Å². The van der Waals surface area contributed by atoms with Crippen LogP contribution in [0.15, 0.2) is 22.8 Å². The molecule has 2 aromatic heterocycles. The highest BCUT2D eigenvalue weighted by atomic mass is 32.1. The number of furan rings is 1. The molecule has 0 atom stereocenters. The Morgan fingerprint density at radius 2 is 2.14 bits per heavy atom. The Morgan fingerprint density at radius 3 is 2.86 bits per heavy atom. The number of fused-ring (bicyclic) bond motifs is 1. The van der Waals surface area contributed by atoms with Gasteiger partial charge in [-0.15, -0.1) is 0 Å². The van der Waals surface area contributed by atoms with Gasteiger partial charge in [0.1, 0.15) is 0 Å². The normalized spacial score (nSPS) is 21.6. The lowest BCUT2D eigenvalue weighted by Gasteiger charge is -2.33. The van der Waals surface area contributed by atoms with Crippen molar-refractivity contribution in [1.82, 2.24) is 9.88 Å². The molecule has 2 amide bonds. The summed E-state index contributed by atoms with van der Waals surface area (Å²) in [6.07, 6.45) is 10.6. The quantitative estimate of drug-likeness (QED) is 0.730. The average Bonchev–Trinajstić information content (AvgIpc) is 3.41. The first-order valence-electron chi connectivity index (χ1n) is 10.8. The monoisotopic (exact) mass is 415 g/mol. The van der Waals surface area contributed by atoms with Crippen molar-refractivity contribution in [3.8, 4) is 0 Å². The van der Waals surface area contributed by atoms with Crippen LogP contribution in [0.4, 0.5) is 5.13 Å². The highest BCUT2D eigenvalue weighted by molar-refractivity contribution is 7.15. The smallest absolute Gasteiger partial charge is 0.293 e. The molecule has 0 radical (unpaired) electrons. The molecule has 1 aliphatic heterocycles. The number of aromatic nitrogens is 1. The first-order chi connectivity index (χ1) is 14.1. The van der Waals surface area contributed by atoms with E-state index in [0.29, 0.717) is 17.6 Å². The maximum absolute atomic E-state index is 13.1. The fraction of sp³-hybridized carbons (Fsp3) is 0.591. The molecule has 0 spiro atoms. The van der Waals surface area contributed by atoms with Crippen LogP contribution in [0, 0.1) is 11.8 Å². The summed E-state index contributed by atoms with van der Waals surface area (Å²) in [6.45, 7) is 3.57. The number of nitrogens with zero attached hydrogens (tertiary/aromatic N) is 2. The molecule has 3 heterocycles. The van der Waals surface area contributed by atoms with Crippen LogP contribution in [-0.2, 0) is 17.8 Å². The largest absolute Gasteiger partial charge is 0.459 e. The highest BCUT2D eigenvalue weighted by Crippen LogP contribution is 2.35. The Hall–Kier alpha value is -2.15. The molecule has 156 valence electrons. The molecule has 1 fully saturated rings. The Bertz CT molecular complexity index is 838. The molecule has 2 aliphatic rings. The summed E-state index contributed by atoms with van der Waals surface area (Å²) in [6, 6.07) is 3.31. The summed E-state index contributed by atoms with van der Waals surface area (Å²) in [5, 5.41) is 3.37. The van der Waals surface area contributed by atoms with Gasteiger partial charge < -0.3 is 9.32 Å². The van der Waals surface area contributed by atoms with Gasteiger partial charge in [0.05, 0.1) is 18.5 Å².